The molecule has 2 aliphatic rings. The Morgan fingerprint density at radius 2 is 1.95 bits per heavy atom. The lowest BCUT2D eigenvalue weighted by molar-refractivity contribution is 0.0966. The largest absolute Gasteiger partial charge is 0.301 e. The van der Waals surface area contributed by atoms with Crippen molar-refractivity contribution in [2.75, 3.05) is 32.7 Å². The second kappa shape index (κ2) is 6.71. The molecule has 0 bridgehead atoms. The van der Waals surface area contributed by atoms with E-state index in [0.717, 1.165) is 36.8 Å². The number of nitrogens with zero attached hydrogens (tertiary/aromatic N) is 2. The Balaban J connectivity index is 1.47. The Morgan fingerprint density at radius 1 is 1.19 bits per heavy atom. The lowest BCUT2D eigenvalue weighted by Gasteiger charge is -2.23. The molecule has 2 aliphatic heterocycles. The predicted octanol–water partition coefficient (Wildman–Crippen LogP) is 2.74. The van der Waals surface area contributed by atoms with E-state index in [1.165, 1.54) is 32.4 Å². The molecule has 3 rings (SSSR count). The van der Waals surface area contributed by atoms with Crippen LogP contribution in [0.4, 0.5) is 0 Å². The second-order valence-corrected chi connectivity index (χ2v) is 6.47. The third-order valence-electron chi connectivity index (χ3n) is 5.01. The Hall–Kier alpha value is -1.19. The first-order chi connectivity index (χ1) is 10.2. The Morgan fingerprint density at radius 3 is 2.71 bits per heavy atom. The summed E-state index contributed by atoms with van der Waals surface area (Å²) in [7, 11) is 0. The Kier molecular flexibility index (Phi) is 4.71. The van der Waals surface area contributed by atoms with Crippen LogP contribution < -0.4 is 0 Å². The van der Waals surface area contributed by atoms with Crippen LogP contribution in [0.1, 0.15) is 41.6 Å². The first kappa shape index (κ1) is 14.7. The summed E-state index contributed by atoms with van der Waals surface area (Å²) in [5.74, 6) is 0.290. The number of hydrogen-bond donors (Lipinski definition) is 0. The summed E-state index contributed by atoms with van der Waals surface area (Å²) in [4.78, 5) is 17.4. The maximum Gasteiger partial charge on any atom is 0.164 e. The van der Waals surface area contributed by atoms with E-state index in [1.54, 1.807) is 0 Å². The van der Waals surface area contributed by atoms with Gasteiger partial charge in [-0.1, -0.05) is 24.3 Å². The maximum atomic E-state index is 12.3. The molecule has 0 saturated carbocycles. The van der Waals surface area contributed by atoms with Gasteiger partial charge in [0.25, 0.3) is 0 Å². The van der Waals surface area contributed by atoms with Gasteiger partial charge in [0.2, 0.25) is 0 Å². The number of benzene rings is 1. The van der Waals surface area contributed by atoms with Crippen LogP contribution in [-0.2, 0) is 0 Å². The van der Waals surface area contributed by atoms with Crippen LogP contribution in [0.3, 0.4) is 0 Å². The highest BCUT2D eigenvalue weighted by Crippen LogP contribution is 2.21. The molecule has 1 unspecified atom stereocenters. The van der Waals surface area contributed by atoms with Crippen LogP contribution in [0.15, 0.2) is 24.3 Å². The van der Waals surface area contributed by atoms with Crippen LogP contribution in [0.25, 0.3) is 0 Å². The van der Waals surface area contributed by atoms with Crippen LogP contribution in [0, 0.1) is 6.92 Å². The number of hydrogen-bond acceptors (Lipinski definition) is 3. The average molecular weight is 286 g/mol. The van der Waals surface area contributed by atoms with E-state index in [1.807, 2.05) is 31.2 Å². The lowest BCUT2D eigenvalue weighted by atomic mass is 10.0. The summed E-state index contributed by atoms with van der Waals surface area (Å²) in [6.45, 7) is 7.80. The number of aryl methyl sites for hydroxylation is 1. The molecule has 114 valence electrons. The average Bonchev–Trinajstić information content (AvgIpc) is 3.16. The monoisotopic (exact) mass is 286 g/mol. The fourth-order valence-electron chi connectivity index (χ4n) is 3.70. The van der Waals surface area contributed by atoms with Gasteiger partial charge in [-0.2, -0.15) is 0 Å². The summed E-state index contributed by atoms with van der Waals surface area (Å²) >= 11 is 0. The highest BCUT2D eigenvalue weighted by molar-refractivity contribution is 5.97. The maximum absolute atomic E-state index is 12.3. The van der Waals surface area contributed by atoms with Gasteiger partial charge in [0.1, 0.15) is 0 Å². The van der Waals surface area contributed by atoms with E-state index in [9.17, 15) is 4.79 Å². The number of ketones is 1. The Bertz CT molecular complexity index is 494. The summed E-state index contributed by atoms with van der Waals surface area (Å²) in [6, 6.07) is 8.66. The van der Waals surface area contributed by atoms with Crippen molar-refractivity contribution in [1.29, 1.82) is 0 Å². The van der Waals surface area contributed by atoms with E-state index in [0.29, 0.717) is 6.42 Å². The second-order valence-electron chi connectivity index (χ2n) is 6.47. The van der Waals surface area contributed by atoms with Crippen LogP contribution in [-0.4, -0.2) is 54.3 Å². The van der Waals surface area contributed by atoms with Crippen molar-refractivity contribution in [3.05, 3.63) is 35.4 Å². The first-order valence-corrected chi connectivity index (χ1v) is 8.29. The van der Waals surface area contributed by atoms with Crippen LogP contribution in [0.2, 0.25) is 0 Å². The molecular weight excluding hydrogens is 260 g/mol. The molecular formula is C18H26N2O. The van der Waals surface area contributed by atoms with Crippen molar-refractivity contribution in [3.63, 3.8) is 0 Å². The minimum Gasteiger partial charge on any atom is -0.301 e. The van der Waals surface area contributed by atoms with E-state index >= 15 is 0 Å². The molecule has 1 atom stereocenters. The molecule has 3 nitrogen and oxygen atoms in total. The summed E-state index contributed by atoms with van der Waals surface area (Å²) in [5.41, 5.74) is 1.99. The fraction of sp³-hybridized carbons (Fsp3) is 0.611. The lowest BCUT2D eigenvalue weighted by Crippen LogP contribution is -2.35. The van der Waals surface area contributed by atoms with Crippen molar-refractivity contribution in [3.8, 4) is 0 Å². The standard InChI is InChI=1S/C18H26N2O/c1-15-6-2-3-7-17(15)18(21)9-13-19-12-8-16(14-19)20-10-4-5-11-20/h2-3,6-7,16H,4-5,8-14H2,1H3. The molecule has 2 fully saturated rings. The van der Waals surface area contributed by atoms with Gasteiger partial charge in [-0.05, 0) is 51.4 Å². The van der Waals surface area contributed by atoms with E-state index in [2.05, 4.69) is 9.80 Å². The Labute approximate surface area is 127 Å². The normalized spacial score (nSPS) is 23.8. The number of carbonyl (C=O) groups excluding carboxylic acids is 1. The molecule has 1 aromatic rings. The van der Waals surface area contributed by atoms with Crippen molar-refractivity contribution >= 4 is 5.78 Å². The summed E-state index contributed by atoms with van der Waals surface area (Å²) in [6.07, 6.45) is 4.65. The van der Waals surface area contributed by atoms with Crippen LogP contribution in [0.5, 0.6) is 0 Å². The summed E-state index contributed by atoms with van der Waals surface area (Å²) < 4.78 is 0. The van der Waals surface area contributed by atoms with Gasteiger partial charge in [0, 0.05) is 31.1 Å². The number of likely N-dealkylation sites (tertiary alicyclic amines) is 2. The van der Waals surface area contributed by atoms with Gasteiger partial charge < -0.3 is 4.90 Å². The molecule has 0 amide bonds. The van der Waals surface area contributed by atoms with Gasteiger partial charge in [-0.3, -0.25) is 9.69 Å². The van der Waals surface area contributed by atoms with Gasteiger partial charge in [-0.15, -0.1) is 0 Å². The molecule has 21 heavy (non-hydrogen) atoms. The van der Waals surface area contributed by atoms with E-state index < -0.39 is 0 Å². The van der Waals surface area contributed by atoms with Crippen molar-refractivity contribution < 1.29 is 4.79 Å². The van der Waals surface area contributed by atoms with Gasteiger partial charge in [0.05, 0.1) is 0 Å². The molecule has 1 aromatic carbocycles. The molecule has 0 aromatic heterocycles. The highest BCUT2D eigenvalue weighted by Gasteiger charge is 2.29. The zero-order valence-corrected chi connectivity index (χ0v) is 13.1. The van der Waals surface area contributed by atoms with Gasteiger partial charge in [0.15, 0.2) is 5.78 Å². The molecule has 3 heteroatoms. The zero-order chi connectivity index (χ0) is 14.7. The first-order valence-electron chi connectivity index (χ1n) is 8.29. The molecule has 0 radical (unpaired) electrons. The van der Waals surface area contributed by atoms with Crippen LogP contribution >= 0.6 is 0 Å². The molecule has 2 heterocycles. The number of rotatable bonds is 5. The molecule has 0 aliphatic carbocycles. The van der Waals surface area contributed by atoms with Crippen molar-refractivity contribution in [1.82, 2.24) is 9.80 Å². The van der Waals surface area contributed by atoms with Crippen molar-refractivity contribution in [2.24, 2.45) is 0 Å². The highest BCUT2D eigenvalue weighted by atomic mass is 16.1. The SMILES string of the molecule is Cc1ccccc1C(=O)CCN1CCC(N2CCCC2)C1. The van der Waals surface area contributed by atoms with Gasteiger partial charge in [-0.25, -0.2) is 0 Å². The van der Waals surface area contributed by atoms with E-state index in [4.69, 9.17) is 0 Å². The van der Waals surface area contributed by atoms with Crippen molar-refractivity contribution in [2.45, 2.75) is 38.6 Å². The minimum atomic E-state index is 0.290. The van der Waals surface area contributed by atoms with Gasteiger partial charge >= 0.3 is 0 Å². The smallest absolute Gasteiger partial charge is 0.164 e. The molecule has 0 N–H and O–H groups in total. The minimum absolute atomic E-state index is 0.290. The zero-order valence-electron chi connectivity index (χ0n) is 13.1. The quantitative estimate of drug-likeness (QED) is 0.778. The molecule has 2 saturated heterocycles. The number of Topliss-reactive ketones (excluding diaryl/α,β-unsaturated/α-hetero) is 1. The fourth-order valence-corrected chi connectivity index (χ4v) is 3.70. The third kappa shape index (κ3) is 3.53. The predicted molar refractivity (Wildman–Crippen MR) is 85.8 cm³/mol. The summed E-state index contributed by atoms with van der Waals surface area (Å²) in [5, 5.41) is 0. The van der Waals surface area contributed by atoms with E-state index in [-0.39, 0.29) is 5.78 Å². The topological polar surface area (TPSA) is 23.6 Å². The number of carbonyl (C=O) groups is 1. The third-order valence-corrected chi connectivity index (χ3v) is 5.01. The molecule has 0 spiro atoms.